The zero-order valence-corrected chi connectivity index (χ0v) is 13.4. The first-order chi connectivity index (χ1) is 10.2. The van der Waals surface area contributed by atoms with Crippen LogP contribution in [-0.2, 0) is 15.9 Å². The highest BCUT2D eigenvalue weighted by atomic mass is 35.5. The van der Waals surface area contributed by atoms with Crippen LogP contribution in [-0.4, -0.2) is 47.2 Å². The molecule has 0 saturated carbocycles. The van der Waals surface area contributed by atoms with Gasteiger partial charge >= 0.3 is 0 Å². The van der Waals surface area contributed by atoms with Crippen molar-refractivity contribution in [2.45, 2.75) is 12.8 Å². The highest BCUT2D eigenvalue weighted by Gasteiger charge is 2.11. The SMILES string of the molecule is COCCCOCCOc1c(Cl)cc(CCN)cc1OC. The number of hydrogen-bond donors (Lipinski definition) is 1. The van der Waals surface area contributed by atoms with E-state index >= 15 is 0 Å². The zero-order chi connectivity index (χ0) is 15.5. The zero-order valence-electron chi connectivity index (χ0n) is 12.7. The molecule has 0 heterocycles. The molecule has 0 saturated heterocycles. The van der Waals surface area contributed by atoms with Crippen molar-refractivity contribution >= 4 is 11.6 Å². The molecule has 0 unspecified atom stereocenters. The van der Waals surface area contributed by atoms with E-state index in [2.05, 4.69) is 0 Å². The quantitative estimate of drug-likeness (QED) is 0.634. The van der Waals surface area contributed by atoms with E-state index in [1.165, 1.54) is 0 Å². The summed E-state index contributed by atoms with van der Waals surface area (Å²) in [5.74, 6) is 1.16. The van der Waals surface area contributed by atoms with Gasteiger partial charge in [-0.05, 0) is 37.1 Å². The molecule has 0 spiro atoms. The average Bonchev–Trinajstić information content (AvgIpc) is 2.48. The van der Waals surface area contributed by atoms with Gasteiger partial charge < -0.3 is 24.7 Å². The molecular weight excluding hydrogens is 294 g/mol. The first kappa shape index (κ1) is 18.0. The molecule has 120 valence electrons. The summed E-state index contributed by atoms with van der Waals surface area (Å²) in [5.41, 5.74) is 6.58. The minimum Gasteiger partial charge on any atom is -0.493 e. The summed E-state index contributed by atoms with van der Waals surface area (Å²) >= 11 is 6.23. The van der Waals surface area contributed by atoms with E-state index in [1.54, 1.807) is 14.2 Å². The molecule has 0 aliphatic carbocycles. The van der Waals surface area contributed by atoms with E-state index in [9.17, 15) is 0 Å². The summed E-state index contributed by atoms with van der Waals surface area (Å²) in [7, 11) is 3.26. The average molecular weight is 318 g/mol. The molecule has 21 heavy (non-hydrogen) atoms. The number of ether oxygens (including phenoxy) is 4. The molecule has 0 bridgehead atoms. The van der Waals surface area contributed by atoms with Crippen molar-refractivity contribution in [1.82, 2.24) is 0 Å². The highest BCUT2D eigenvalue weighted by molar-refractivity contribution is 6.32. The van der Waals surface area contributed by atoms with Gasteiger partial charge in [0, 0.05) is 20.3 Å². The van der Waals surface area contributed by atoms with Crippen LogP contribution in [0.25, 0.3) is 0 Å². The second kappa shape index (κ2) is 10.7. The van der Waals surface area contributed by atoms with Gasteiger partial charge in [-0.3, -0.25) is 0 Å². The van der Waals surface area contributed by atoms with Gasteiger partial charge in [0.1, 0.15) is 6.61 Å². The number of methoxy groups -OCH3 is 2. The van der Waals surface area contributed by atoms with Crippen molar-refractivity contribution in [3.63, 3.8) is 0 Å². The third kappa shape index (κ3) is 6.52. The highest BCUT2D eigenvalue weighted by Crippen LogP contribution is 2.36. The predicted octanol–water partition coefficient (Wildman–Crippen LogP) is 2.28. The second-order valence-corrected chi connectivity index (χ2v) is 4.86. The third-order valence-electron chi connectivity index (χ3n) is 2.83. The van der Waals surface area contributed by atoms with Crippen LogP contribution in [0.4, 0.5) is 0 Å². The van der Waals surface area contributed by atoms with E-state index < -0.39 is 0 Å². The van der Waals surface area contributed by atoms with Crippen LogP contribution in [0.2, 0.25) is 5.02 Å². The predicted molar refractivity (Wildman–Crippen MR) is 83.6 cm³/mol. The largest absolute Gasteiger partial charge is 0.493 e. The lowest BCUT2D eigenvalue weighted by Crippen LogP contribution is -2.10. The lowest BCUT2D eigenvalue weighted by molar-refractivity contribution is 0.0800. The summed E-state index contributed by atoms with van der Waals surface area (Å²) in [6.45, 7) is 2.82. The molecule has 1 aromatic rings. The first-order valence-electron chi connectivity index (χ1n) is 6.98. The van der Waals surface area contributed by atoms with Gasteiger partial charge in [0.25, 0.3) is 0 Å². The van der Waals surface area contributed by atoms with Crippen LogP contribution in [0, 0.1) is 0 Å². The lowest BCUT2D eigenvalue weighted by atomic mass is 10.1. The molecule has 0 aliphatic rings. The maximum Gasteiger partial charge on any atom is 0.179 e. The van der Waals surface area contributed by atoms with Gasteiger partial charge in [-0.1, -0.05) is 11.6 Å². The van der Waals surface area contributed by atoms with Gasteiger partial charge in [0.05, 0.1) is 18.7 Å². The fourth-order valence-corrected chi connectivity index (χ4v) is 2.12. The summed E-state index contributed by atoms with van der Waals surface area (Å²) in [6.07, 6.45) is 1.62. The van der Waals surface area contributed by atoms with Crippen LogP contribution in [0.15, 0.2) is 12.1 Å². The minimum atomic E-state index is 0.416. The number of halogens is 1. The van der Waals surface area contributed by atoms with E-state index in [0.29, 0.717) is 49.5 Å². The lowest BCUT2D eigenvalue weighted by Gasteiger charge is -2.14. The van der Waals surface area contributed by atoms with Gasteiger partial charge in [-0.25, -0.2) is 0 Å². The monoisotopic (exact) mass is 317 g/mol. The number of benzene rings is 1. The fourth-order valence-electron chi connectivity index (χ4n) is 1.83. The molecular formula is C15H24ClNO4. The number of rotatable bonds is 11. The molecule has 5 nitrogen and oxygen atoms in total. The molecule has 2 N–H and O–H groups in total. The Morgan fingerprint density at radius 1 is 1.10 bits per heavy atom. The standard InChI is InChI=1S/C15H24ClNO4/c1-18-6-3-7-20-8-9-21-15-13(16)10-12(4-5-17)11-14(15)19-2/h10-11H,3-9,17H2,1-2H3. The van der Waals surface area contributed by atoms with Crippen LogP contribution in [0.5, 0.6) is 11.5 Å². The molecule has 0 fully saturated rings. The van der Waals surface area contributed by atoms with Gasteiger partial charge in [-0.15, -0.1) is 0 Å². The number of nitrogens with two attached hydrogens (primary N) is 1. The van der Waals surface area contributed by atoms with Crippen LogP contribution < -0.4 is 15.2 Å². The second-order valence-electron chi connectivity index (χ2n) is 4.45. The smallest absolute Gasteiger partial charge is 0.179 e. The van der Waals surface area contributed by atoms with Crippen molar-refractivity contribution in [2.24, 2.45) is 5.73 Å². The van der Waals surface area contributed by atoms with Gasteiger partial charge in [-0.2, -0.15) is 0 Å². The van der Waals surface area contributed by atoms with E-state index in [-0.39, 0.29) is 0 Å². The molecule has 0 aliphatic heterocycles. The Hall–Kier alpha value is -1.01. The normalized spacial score (nSPS) is 10.7. The van der Waals surface area contributed by atoms with Crippen LogP contribution in [0.1, 0.15) is 12.0 Å². The molecule has 6 heteroatoms. The van der Waals surface area contributed by atoms with E-state index in [1.807, 2.05) is 12.1 Å². The molecule has 1 aromatic carbocycles. The Balaban J connectivity index is 2.46. The number of hydrogen-bond acceptors (Lipinski definition) is 5. The van der Waals surface area contributed by atoms with Crippen LogP contribution in [0.3, 0.4) is 0 Å². The molecule has 0 radical (unpaired) electrons. The molecule has 1 rings (SSSR count). The molecule has 0 amide bonds. The third-order valence-corrected chi connectivity index (χ3v) is 3.11. The first-order valence-corrected chi connectivity index (χ1v) is 7.36. The summed E-state index contributed by atoms with van der Waals surface area (Å²) < 4.78 is 21.3. The Labute approximate surface area is 131 Å². The van der Waals surface area contributed by atoms with Crippen molar-refractivity contribution in [3.05, 3.63) is 22.7 Å². The maximum absolute atomic E-state index is 6.23. The Morgan fingerprint density at radius 3 is 2.57 bits per heavy atom. The van der Waals surface area contributed by atoms with E-state index in [4.69, 9.17) is 36.3 Å². The van der Waals surface area contributed by atoms with Crippen molar-refractivity contribution < 1.29 is 18.9 Å². The van der Waals surface area contributed by atoms with Crippen molar-refractivity contribution in [2.75, 3.05) is 47.2 Å². The topological polar surface area (TPSA) is 62.9 Å². The summed E-state index contributed by atoms with van der Waals surface area (Å²) in [5, 5.41) is 0.525. The van der Waals surface area contributed by atoms with E-state index in [0.717, 1.165) is 18.4 Å². The maximum atomic E-state index is 6.23. The summed E-state index contributed by atoms with van der Waals surface area (Å²) in [6, 6.07) is 3.75. The fraction of sp³-hybridized carbons (Fsp3) is 0.600. The van der Waals surface area contributed by atoms with Gasteiger partial charge in [0.2, 0.25) is 0 Å². The molecule has 0 aromatic heterocycles. The minimum absolute atomic E-state index is 0.416. The Morgan fingerprint density at radius 2 is 1.90 bits per heavy atom. The van der Waals surface area contributed by atoms with Crippen molar-refractivity contribution in [3.8, 4) is 11.5 Å². The van der Waals surface area contributed by atoms with Crippen LogP contribution >= 0.6 is 11.6 Å². The van der Waals surface area contributed by atoms with Gasteiger partial charge in [0.15, 0.2) is 11.5 Å². The van der Waals surface area contributed by atoms with Crippen molar-refractivity contribution in [1.29, 1.82) is 0 Å². The summed E-state index contributed by atoms with van der Waals surface area (Å²) in [4.78, 5) is 0. The Bertz CT molecular complexity index is 415. The molecule has 0 atom stereocenters. The Kier molecular flexibility index (Phi) is 9.17.